The Bertz CT molecular complexity index is 1400. The fourth-order valence-electron chi connectivity index (χ4n) is 5.75. The van der Waals surface area contributed by atoms with Crippen LogP contribution in [0.5, 0.6) is 0 Å². The summed E-state index contributed by atoms with van der Waals surface area (Å²) < 4.78 is 23.1. The number of ketones is 2. The summed E-state index contributed by atoms with van der Waals surface area (Å²) in [5, 5.41) is 5.56. The first-order chi connectivity index (χ1) is 23.3. The van der Waals surface area contributed by atoms with Gasteiger partial charge in [-0.2, -0.15) is 0 Å². The summed E-state index contributed by atoms with van der Waals surface area (Å²) in [7, 11) is 2.94. The Morgan fingerprint density at radius 2 is 1.80 bits per heavy atom. The van der Waals surface area contributed by atoms with Crippen LogP contribution in [0.15, 0.2) is 71.1 Å². The number of fused-ring (bicyclic) bond motifs is 2. The summed E-state index contributed by atoms with van der Waals surface area (Å²) in [4.78, 5) is 65.1. The van der Waals surface area contributed by atoms with Crippen LogP contribution in [0.3, 0.4) is 0 Å². The molecule has 0 saturated heterocycles. The van der Waals surface area contributed by atoms with Crippen LogP contribution in [0.25, 0.3) is 0 Å². The number of carbonyl (C=O) groups is 5. The zero-order valence-corrected chi connectivity index (χ0v) is 30.6. The van der Waals surface area contributed by atoms with E-state index in [1.807, 2.05) is 19.9 Å². The minimum absolute atomic E-state index is 0. The summed E-state index contributed by atoms with van der Waals surface area (Å²) in [6, 6.07) is 0. The number of nitrogens with one attached hydrogen (secondary N) is 2. The molecule has 0 fully saturated rings. The molecule has 2 aliphatic rings. The first-order valence-electron chi connectivity index (χ1n) is 16.4. The number of esters is 1. The molecule has 0 aromatic heterocycles. The van der Waals surface area contributed by atoms with Crippen LogP contribution in [0.1, 0.15) is 59.8 Å². The third-order valence-corrected chi connectivity index (χ3v) is 8.28. The standard InChI is InChI=1S/C36H52N4O9.ClH/c1-8-16-39-31-25-17-21(2)18-29(47-7)34(48-30(42)14-9-10-15-37)24(5)19-23(4)33(49-36(38)45)28(46-6)13-11-12-22(3)35(44)40-26(32(25)43)20-27(31)41;/h8,11-13,19-21,24,28-29,33-34,39H,1,9-10,14-18,37H2,2-7H3,(H2,38,45)(H,40,44);1H/b13-11-,22-12+,23-19+;/t21-,24+,28-,29+,33+,34-;/m1./s1. The predicted octanol–water partition coefficient (Wildman–Crippen LogP) is 3.64. The van der Waals surface area contributed by atoms with E-state index in [1.54, 1.807) is 32.1 Å². The molecule has 0 unspecified atom stereocenters. The van der Waals surface area contributed by atoms with Gasteiger partial charge in [0.1, 0.15) is 12.2 Å². The van der Waals surface area contributed by atoms with Crippen molar-refractivity contribution >= 4 is 41.9 Å². The second-order valence-electron chi connectivity index (χ2n) is 12.3. The monoisotopic (exact) mass is 720 g/mol. The SMILES string of the molecule is C=CCNC1=C2C[C@@H](C)C[C@H](OC)[C@H](OC(=O)CCCCN)[C@@H](C)/C=C(\C)[C@H](OC(N)=O)[C@H](OC)/C=C\C=C(/C)C(=O)NC(=CC1=O)C2=O.Cl. The molecule has 2 amide bonds. The maximum atomic E-state index is 13.8. The van der Waals surface area contributed by atoms with Crippen LogP contribution >= 0.6 is 12.4 Å². The quantitative estimate of drug-likeness (QED) is 0.105. The van der Waals surface area contributed by atoms with Crippen molar-refractivity contribution in [2.75, 3.05) is 27.3 Å². The first-order valence-corrected chi connectivity index (χ1v) is 16.4. The van der Waals surface area contributed by atoms with Crippen molar-refractivity contribution in [3.8, 4) is 0 Å². The van der Waals surface area contributed by atoms with Gasteiger partial charge < -0.3 is 41.0 Å². The van der Waals surface area contributed by atoms with Crippen molar-refractivity contribution in [3.63, 3.8) is 0 Å². The van der Waals surface area contributed by atoms with E-state index >= 15 is 0 Å². The topological polar surface area (TPSA) is 198 Å². The third-order valence-electron chi connectivity index (χ3n) is 8.28. The largest absolute Gasteiger partial charge is 0.459 e. The lowest BCUT2D eigenvalue weighted by Gasteiger charge is -2.32. The maximum Gasteiger partial charge on any atom is 0.405 e. The highest BCUT2D eigenvalue weighted by molar-refractivity contribution is 6.23. The lowest BCUT2D eigenvalue weighted by molar-refractivity contribution is -0.160. The van der Waals surface area contributed by atoms with E-state index in [0.717, 1.165) is 6.08 Å². The van der Waals surface area contributed by atoms with Crippen LogP contribution in [-0.4, -0.2) is 81.3 Å². The molecule has 2 bridgehead atoms. The number of methoxy groups -OCH3 is 2. The van der Waals surface area contributed by atoms with Gasteiger partial charge in [-0.3, -0.25) is 19.2 Å². The molecule has 2 rings (SSSR count). The molecular formula is C36H53ClN4O9. The molecule has 0 spiro atoms. The van der Waals surface area contributed by atoms with Gasteiger partial charge in [0.15, 0.2) is 6.10 Å². The maximum absolute atomic E-state index is 13.8. The van der Waals surface area contributed by atoms with Gasteiger partial charge in [0.05, 0.1) is 17.5 Å². The molecule has 14 heteroatoms. The number of Topliss-reactive ketones (excluding diaryl/α,β-unsaturated/α-hetero) is 1. The Hall–Kier alpha value is -4.04. The molecule has 0 aromatic carbocycles. The molecule has 0 saturated carbocycles. The number of unbranched alkanes of at least 4 members (excludes halogenated alkanes) is 1. The summed E-state index contributed by atoms with van der Waals surface area (Å²) in [5.74, 6) is -2.70. The summed E-state index contributed by atoms with van der Waals surface area (Å²) >= 11 is 0. The Kier molecular flexibility index (Phi) is 19.3. The molecule has 0 aromatic rings. The molecule has 1 aliphatic heterocycles. The molecular weight excluding hydrogens is 668 g/mol. The fraction of sp³-hybridized carbons (Fsp3) is 0.528. The van der Waals surface area contributed by atoms with Crippen LogP contribution in [0.2, 0.25) is 0 Å². The van der Waals surface area contributed by atoms with Gasteiger partial charge >= 0.3 is 12.1 Å². The van der Waals surface area contributed by atoms with Gasteiger partial charge in [-0.25, -0.2) is 4.79 Å². The Morgan fingerprint density at radius 3 is 2.40 bits per heavy atom. The lowest BCUT2D eigenvalue weighted by Crippen LogP contribution is -2.40. The molecule has 6 N–H and O–H groups in total. The highest BCUT2D eigenvalue weighted by Gasteiger charge is 2.35. The zero-order chi connectivity index (χ0) is 36.7. The Morgan fingerprint density at radius 1 is 1.10 bits per heavy atom. The molecule has 0 radical (unpaired) electrons. The van der Waals surface area contributed by atoms with Crippen molar-refractivity contribution in [2.24, 2.45) is 23.3 Å². The normalized spacial score (nSPS) is 28.1. The minimum Gasteiger partial charge on any atom is -0.459 e. The molecule has 278 valence electrons. The van der Waals surface area contributed by atoms with Crippen molar-refractivity contribution in [3.05, 3.63) is 71.1 Å². The number of carbonyl (C=O) groups excluding carboxylic acids is 5. The number of halogens is 1. The summed E-state index contributed by atoms with van der Waals surface area (Å²) in [6.07, 6.45) is 6.71. The Balaban J connectivity index is 0.0000125. The third kappa shape index (κ3) is 13.0. The van der Waals surface area contributed by atoms with E-state index in [0.29, 0.717) is 31.4 Å². The number of primary amides is 1. The Labute approximate surface area is 301 Å². The van der Waals surface area contributed by atoms with E-state index in [4.69, 9.17) is 30.4 Å². The summed E-state index contributed by atoms with van der Waals surface area (Å²) in [6.45, 7) is 11.4. The highest BCUT2D eigenvalue weighted by atomic mass is 35.5. The fourth-order valence-corrected chi connectivity index (χ4v) is 5.75. The smallest absolute Gasteiger partial charge is 0.405 e. The summed E-state index contributed by atoms with van der Waals surface area (Å²) in [5.41, 5.74) is 12.0. The van der Waals surface area contributed by atoms with Crippen LogP contribution in [-0.2, 0) is 38.1 Å². The van der Waals surface area contributed by atoms with Crippen molar-refractivity contribution < 1.29 is 42.9 Å². The molecule has 1 heterocycles. The van der Waals surface area contributed by atoms with E-state index in [9.17, 15) is 24.0 Å². The van der Waals surface area contributed by atoms with E-state index < -0.39 is 59.9 Å². The number of rotatable bonds is 11. The number of hydrogen-bond donors (Lipinski definition) is 4. The lowest BCUT2D eigenvalue weighted by atomic mass is 9.85. The predicted molar refractivity (Wildman–Crippen MR) is 192 cm³/mol. The number of ether oxygens (including phenoxy) is 4. The second kappa shape index (κ2) is 21.9. The van der Waals surface area contributed by atoms with E-state index in [1.165, 1.54) is 20.3 Å². The number of nitrogens with two attached hydrogens (primary N) is 2. The highest BCUT2D eigenvalue weighted by Crippen LogP contribution is 2.30. The molecule has 13 nitrogen and oxygen atoms in total. The average Bonchev–Trinajstić information content (AvgIpc) is 3.05. The number of hydrogen-bond acceptors (Lipinski definition) is 11. The van der Waals surface area contributed by atoms with Crippen LogP contribution in [0, 0.1) is 11.8 Å². The zero-order valence-electron chi connectivity index (χ0n) is 29.8. The minimum atomic E-state index is -1.02. The van der Waals surface area contributed by atoms with Crippen LogP contribution < -0.4 is 22.1 Å². The van der Waals surface area contributed by atoms with Gasteiger partial charge in [0, 0.05) is 50.3 Å². The first kappa shape index (κ1) is 44.0. The van der Waals surface area contributed by atoms with Crippen LogP contribution in [0.4, 0.5) is 4.79 Å². The molecule has 1 aliphatic carbocycles. The average molecular weight is 721 g/mol. The van der Waals surface area contributed by atoms with Gasteiger partial charge in [0.2, 0.25) is 11.6 Å². The second-order valence-corrected chi connectivity index (χ2v) is 12.3. The van der Waals surface area contributed by atoms with Gasteiger partial charge in [-0.05, 0) is 57.6 Å². The van der Waals surface area contributed by atoms with E-state index in [-0.39, 0.29) is 60.3 Å². The number of amides is 2. The number of allylic oxidation sites excluding steroid dienone is 4. The van der Waals surface area contributed by atoms with E-state index in [2.05, 4.69) is 17.2 Å². The van der Waals surface area contributed by atoms with Crippen molar-refractivity contribution in [1.29, 1.82) is 0 Å². The van der Waals surface area contributed by atoms with Gasteiger partial charge in [-0.1, -0.05) is 44.2 Å². The van der Waals surface area contributed by atoms with Crippen molar-refractivity contribution in [2.45, 2.75) is 84.2 Å². The molecule has 6 atom stereocenters. The van der Waals surface area contributed by atoms with Gasteiger partial charge in [0.25, 0.3) is 5.91 Å². The molecule has 50 heavy (non-hydrogen) atoms. The van der Waals surface area contributed by atoms with Crippen molar-refractivity contribution in [1.82, 2.24) is 10.6 Å². The van der Waals surface area contributed by atoms with Gasteiger partial charge in [-0.15, -0.1) is 19.0 Å².